The van der Waals surface area contributed by atoms with E-state index < -0.39 is 0 Å². The van der Waals surface area contributed by atoms with E-state index in [-0.39, 0.29) is 5.91 Å². The maximum Gasteiger partial charge on any atom is 0.228 e. The molecule has 0 spiro atoms. The zero-order valence-electron chi connectivity index (χ0n) is 12.0. The fourth-order valence-electron chi connectivity index (χ4n) is 2.21. The standard InChI is InChI=1S/C17H16N2O2/c1-11-3-5-13(6-4-11)9-17(20)19-14-7-8-15-16(10-14)21-12(2)18-15/h3-8,10H,9H2,1-2H3,(H,19,20). The molecule has 1 heterocycles. The summed E-state index contributed by atoms with van der Waals surface area (Å²) >= 11 is 0. The molecular formula is C17H16N2O2. The van der Waals surface area contributed by atoms with Crippen molar-refractivity contribution < 1.29 is 9.21 Å². The van der Waals surface area contributed by atoms with E-state index in [9.17, 15) is 4.79 Å². The van der Waals surface area contributed by atoms with Gasteiger partial charge in [-0.15, -0.1) is 0 Å². The Balaban J connectivity index is 1.71. The number of hydrogen-bond donors (Lipinski definition) is 1. The number of nitrogens with zero attached hydrogens (tertiary/aromatic N) is 1. The highest BCUT2D eigenvalue weighted by Crippen LogP contribution is 2.20. The van der Waals surface area contributed by atoms with E-state index in [4.69, 9.17) is 4.42 Å². The first-order chi connectivity index (χ1) is 10.1. The zero-order chi connectivity index (χ0) is 14.8. The summed E-state index contributed by atoms with van der Waals surface area (Å²) in [5.74, 6) is 0.572. The summed E-state index contributed by atoms with van der Waals surface area (Å²) in [6.07, 6.45) is 0.355. The summed E-state index contributed by atoms with van der Waals surface area (Å²) in [7, 11) is 0. The second kappa shape index (κ2) is 5.40. The number of hydrogen-bond acceptors (Lipinski definition) is 3. The zero-order valence-corrected chi connectivity index (χ0v) is 12.0. The summed E-state index contributed by atoms with van der Waals surface area (Å²) < 4.78 is 5.46. The largest absolute Gasteiger partial charge is 0.441 e. The van der Waals surface area contributed by atoms with Crippen LogP contribution in [0.15, 0.2) is 46.9 Å². The van der Waals surface area contributed by atoms with Crippen molar-refractivity contribution in [1.29, 1.82) is 0 Å². The maximum atomic E-state index is 12.1. The lowest BCUT2D eigenvalue weighted by Crippen LogP contribution is -2.14. The Kier molecular flexibility index (Phi) is 3.44. The molecule has 106 valence electrons. The van der Waals surface area contributed by atoms with E-state index in [2.05, 4.69) is 10.3 Å². The minimum Gasteiger partial charge on any atom is -0.441 e. The molecule has 3 rings (SSSR count). The van der Waals surface area contributed by atoms with Gasteiger partial charge >= 0.3 is 0 Å². The summed E-state index contributed by atoms with van der Waals surface area (Å²) in [5, 5.41) is 2.88. The Morgan fingerprint density at radius 2 is 1.90 bits per heavy atom. The number of anilines is 1. The first kappa shape index (κ1) is 13.4. The van der Waals surface area contributed by atoms with Crippen LogP contribution in [0.3, 0.4) is 0 Å². The van der Waals surface area contributed by atoms with Crippen LogP contribution < -0.4 is 5.32 Å². The van der Waals surface area contributed by atoms with Gasteiger partial charge in [-0.05, 0) is 24.6 Å². The fraction of sp³-hybridized carbons (Fsp3) is 0.176. The molecule has 0 unspecified atom stereocenters. The van der Waals surface area contributed by atoms with Gasteiger partial charge in [0.25, 0.3) is 0 Å². The second-order valence-electron chi connectivity index (χ2n) is 5.13. The third kappa shape index (κ3) is 3.11. The van der Waals surface area contributed by atoms with Crippen molar-refractivity contribution in [2.24, 2.45) is 0 Å². The molecule has 3 aromatic rings. The van der Waals surface area contributed by atoms with Crippen molar-refractivity contribution in [1.82, 2.24) is 4.98 Å². The Morgan fingerprint density at radius 1 is 1.14 bits per heavy atom. The number of carbonyl (C=O) groups excluding carboxylic acids is 1. The van der Waals surface area contributed by atoms with Crippen molar-refractivity contribution in [3.63, 3.8) is 0 Å². The summed E-state index contributed by atoms with van der Waals surface area (Å²) in [5.41, 5.74) is 4.38. The van der Waals surface area contributed by atoms with Crippen LogP contribution in [0.2, 0.25) is 0 Å². The lowest BCUT2D eigenvalue weighted by Gasteiger charge is -2.05. The number of aromatic nitrogens is 1. The molecular weight excluding hydrogens is 264 g/mol. The molecule has 2 aromatic carbocycles. The van der Waals surface area contributed by atoms with Gasteiger partial charge in [-0.25, -0.2) is 4.98 Å². The number of carbonyl (C=O) groups is 1. The quantitative estimate of drug-likeness (QED) is 0.797. The maximum absolute atomic E-state index is 12.1. The van der Waals surface area contributed by atoms with Gasteiger partial charge in [0, 0.05) is 18.7 Å². The molecule has 0 saturated heterocycles. The third-order valence-electron chi connectivity index (χ3n) is 3.26. The summed E-state index contributed by atoms with van der Waals surface area (Å²) in [4.78, 5) is 16.3. The monoisotopic (exact) mass is 280 g/mol. The highest BCUT2D eigenvalue weighted by atomic mass is 16.3. The van der Waals surface area contributed by atoms with Crippen LogP contribution in [0.1, 0.15) is 17.0 Å². The van der Waals surface area contributed by atoms with Gasteiger partial charge in [0.2, 0.25) is 5.91 Å². The van der Waals surface area contributed by atoms with E-state index >= 15 is 0 Å². The first-order valence-electron chi connectivity index (χ1n) is 6.83. The van der Waals surface area contributed by atoms with E-state index in [1.54, 1.807) is 13.0 Å². The van der Waals surface area contributed by atoms with Gasteiger partial charge in [-0.1, -0.05) is 29.8 Å². The predicted molar refractivity (Wildman–Crippen MR) is 82.3 cm³/mol. The van der Waals surface area contributed by atoms with Crippen LogP contribution in [-0.2, 0) is 11.2 Å². The van der Waals surface area contributed by atoms with Crippen LogP contribution in [0.4, 0.5) is 5.69 Å². The molecule has 0 atom stereocenters. The Hall–Kier alpha value is -2.62. The molecule has 0 aliphatic rings. The number of amides is 1. The normalized spacial score (nSPS) is 10.8. The molecule has 0 fully saturated rings. The Labute approximate surface area is 122 Å². The fourth-order valence-corrected chi connectivity index (χ4v) is 2.21. The van der Waals surface area contributed by atoms with Crippen LogP contribution in [0.5, 0.6) is 0 Å². The van der Waals surface area contributed by atoms with E-state index in [1.165, 1.54) is 5.56 Å². The van der Waals surface area contributed by atoms with Gasteiger partial charge < -0.3 is 9.73 Å². The highest BCUT2D eigenvalue weighted by molar-refractivity contribution is 5.94. The van der Waals surface area contributed by atoms with Crippen molar-refractivity contribution in [3.8, 4) is 0 Å². The molecule has 4 nitrogen and oxygen atoms in total. The molecule has 21 heavy (non-hydrogen) atoms. The predicted octanol–water partition coefficient (Wildman–Crippen LogP) is 3.63. The number of rotatable bonds is 3. The Morgan fingerprint density at radius 3 is 2.67 bits per heavy atom. The lowest BCUT2D eigenvalue weighted by atomic mass is 10.1. The van der Waals surface area contributed by atoms with E-state index in [0.717, 1.165) is 16.8 Å². The number of aryl methyl sites for hydroxylation is 2. The molecule has 0 aliphatic heterocycles. The minimum atomic E-state index is -0.0468. The molecule has 0 aliphatic carbocycles. The smallest absolute Gasteiger partial charge is 0.228 e. The molecule has 0 bridgehead atoms. The van der Waals surface area contributed by atoms with Gasteiger partial charge in [-0.2, -0.15) is 0 Å². The average molecular weight is 280 g/mol. The molecule has 1 amide bonds. The molecule has 4 heteroatoms. The van der Waals surface area contributed by atoms with Crippen molar-refractivity contribution in [2.45, 2.75) is 20.3 Å². The molecule has 1 aromatic heterocycles. The summed E-state index contributed by atoms with van der Waals surface area (Å²) in [6.45, 7) is 3.83. The Bertz CT molecular complexity index is 788. The van der Waals surface area contributed by atoms with Gasteiger partial charge in [0.05, 0.1) is 6.42 Å². The number of benzene rings is 2. The molecule has 0 saturated carbocycles. The SMILES string of the molecule is Cc1ccc(CC(=O)Nc2ccc3nc(C)oc3c2)cc1. The van der Waals surface area contributed by atoms with E-state index in [1.807, 2.05) is 43.3 Å². The van der Waals surface area contributed by atoms with E-state index in [0.29, 0.717) is 17.9 Å². The van der Waals surface area contributed by atoms with Crippen LogP contribution in [-0.4, -0.2) is 10.9 Å². The van der Waals surface area contributed by atoms with Gasteiger partial charge in [0.15, 0.2) is 11.5 Å². The molecule has 1 N–H and O–H groups in total. The highest BCUT2D eigenvalue weighted by Gasteiger charge is 2.07. The third-order valence-corrected chi connectivity index (χ3v) is 3.26. The lowest BCUT2D eigenvalue weighted by molar-refractivity contribution is -0.115. The van der Waals surface area contributed by atoms with Crippen LogP contribution >= 0.6 is 0 Å². The molecule has 0 radical (unpaired) electrons. The average Bonchev–Trinajstić information content (AvgIpc) is 2.80. The first-order valence-corrected chi connectivity index (χ1v) is 6.83. The number of oxazole rings is 1. The minimum absolute atomic E-state index is 0.0468. The number of fused-ring (bicyclic) bond motifs is 1. The topological polar surface area (TPSA) is 55.1 Å². The van der Waals surface area contributed by atoms with Gasteiger partial charge in [0.1, 0.15) is 5.52 Å². The summed E-state index contributed by atoms with van der Waals surface area (Å²) in [6, 6.07) is 13.4. The van der Waals surface area contributed by atoms with Crippen molar-refractivity contribution in [2.75, 3.05) is 5.32 Å². The van der Waals surface area contributed by atoms with Crippen LogP contribution in [0.25, 0.3) is 11.1 Å². The van der Waals surface area contributed by atoms with Crippen molar-refractivity contribution in [3.05, 3.63) is 59.5 Å². The van der Waals surface area contributed by atoms with Crippen molar-refractivity contribution >= 4 is 22.7 Å². The number of nitrogens with one attached hydrogen (secondary N) is 1. The second-order valence-corrected chi connectivity index (χ2v) is 5.13. The van der Waals surface area contributed by atoms with Gasteiger partial charge in [-0.3, -0.25) is 4.79 Å². The van der Waals surface area contributed by atoms with Crippen LogP contribution in [0, 0.1) is 13.8 Å².